The molecule has 0 saturated heterocycles. The number of benzene rings is 1. The molecule has 1 saturated carbocycles. The van der Waals surface area contributed by atoms with E-state index in [1.807, 2.05) is 0 Å². The first-order chi connectivity index (χ1) is 8.42. The van der Waals surface area contributed by atoms with Crippen LogP contribution in [0.1, 0.15) is 49.8 Å². The van der Waals surface area contributed by atoms with Gasteiger partial charge in [-0.3, -0.25) is 0 Å². The second kappa shape index (κ2) is 5.05. The maximum absolute atomic E-state index is 6.74. The van der Waals surface area contributed by atoms with E-state index in [9.17, 15) is 0 Å². The molecule has 3 atom stereocenters. The summed E-state index contributed by atoms with van der Waals surface area (Å²) in [5.41, 5.74) is 10.9. The quantitative estimate of drug-likeness (QED) is 0.837. The highest BCUT2D eigenvalue weighted by Gasteiger charge is 2.38. The van der Waals surface area contributed by atoms with Crippen molar-refractivity contribution in [2.75, 3.05) is 0 Å². The van der Waals surface area contributed by atoms with Gasteiger partial charge in [-0.15, -0.1) is 0 Å². The minimum atomic E-state index is -0.00375. The van der Waals surface area contributed by atoms with Gasteiger partial charge >= 0.3 is 0 Å². The molecule has 0 heterocycles. The average molecular weight is 245 g/mol. The fourth-order valence-corrected chi connectivity index (χ4v) is 3.39. The van der Waals surface area contributed by atoms with Gasteiger partial charge in [-0.1, -0.05) is 50.5 Å². The van der Waals surface area contributed by atoms with Gasteiger partial charge in [0.2, 0.25) is 0 Å². The van der Waals surface area contributed by atoms with Gasteiger partial charge in [0.1, 0.15) is 0 Å². The maximum atomic E-state index is 6.74. The molecule has 1 aliphatic carbocycles. The van der Waals surface area contributed by atoms with E-state index in [1.54, 1.807) is 0 Å². The predicted molar refractivity (Wildman–Crippen MR) is 78.7 cm³/mol. The van der Waals surface area contributed by atoms with Crippen LogP contribution in [0.5, 0.6) is 0 Å². The lowest BCUT2D eigenvalue weighted by Gasteiger charge is -2.43. The first-order valence-corrected chi connectivity index (χ1v) is 7.27. The Morgan fingerprint density at radius 3 is 2.72 bits per heavy atom. The first-order valence-electron chi connectivity index (χ1n) is 7.27. The Balaban J connectivity index is 2.23. The zero-order valence-corrected chi connectivity index (χ0v) is 12.3. The Kier molecular flexibility index (Phi) is 3.82. The fourth-order valence-electron chi connectivity index (χ4n) is 3.39. The molecule has 1 fully saturated rings. The summed E-state index contributed by atoms with van der Waals surface area (Å²) in [6.45, 7) is 9.07. The normalized spacial score (nSPS) is 32.5. The topological polar surface area (TPSA) is 26.0 Å². The molecule has 1 aromatic carbocycles. The van der Waals surface area contributed by atoms with Crippen molar-refractivity contribution < 1.29 is 0 Å². The number of nitrogens with two attached hydrogens (primary N) is 1. The van der Waals surface area contributed by atoms with Gasteiger partial charge in [0, 0.05) is 5.54 Å². The summed E-state index contributed by atoms with van der Waals surface area (Å²) in [7, 11) is 0. The van der Waals surface area contributed by atoms with Gasteiger partial charge in [-0.25, -0.2) is 0 Å². The smallest absolute Gasteiger partial charge is 0.0223 e. The van der Waals surface area contributed by atoms with Crippen LogP contribution in [0.3, 0.4) is 0 Å². The van der Waals surface area contributed by atoms with Gasteiger partial charge < -0.3 is 5.73 Å². The number of hydrogen-bond donors (Lipinski definition) is 1. The van der Waals surface area contributed by atoms with Crippen molar-refractivity contribution >= 4 is 0 Å². The SMILES string of the molecule is Cc1ccc(C)c(CC2(N)CCCC(C)C2C)c1. The molecule has 0 radical (unpaired) electrons. The third-order valence-electron chi connectivity index (χ3n) is 5.09. The highest BCUT2D eigenvalue weighted by molar-refractivity contribution is 5.32. The molecule has 1 aromatic rings. The molecule has 1 nitrogen and oxygen atoms in total. The molecule has 0 amide bonds. The minimum Gasteiger partial charge on any atom is -0.325 e. The maximum Gasteiger partial charge on any atom is 0.0223 e. The molecule has 0 aliphatic heterocycles. The Bertz CT molecular complexity index is 424. The van der Waals surface area contributed by atoms with Crippen LogP contribution in [0.4, 0.5) is 0 Å². The van der Waals surface area contributed by atoms with Gasteiger partial charge in [0.05, 0.1) is 0 Å². The first kappa shape index (κ1) is 13.6. The van der Waals surface area contributed by atoms with Crippen LogP contribution >= 0.6 is 0 Å². The predicted octanol–water partition coefficient (Wildman–Crippen LogP) is 4.00. The van der Waals surface area contributed by atoms with Crippen molar-refractivity contribution in [1.82, 2.24) is 0 Å². The molecule has 3 unspecified atom stereocenters. The van der Waals surface area contributed by atoms with Crippen molar-refractivity contribution in [3.8, 4) is 0 Å². The van der Waals surface area contributed by atoms with Crippen LogP contribution in [0.15, 0.2) is 18.2 Å². The van der Waals surface area contributed by atoms with Crippen LogP contribution in [0.2, 0.25) is 0 Å². The summed E-state index contributed by atoms with van der Waals surface area (Å²) >= 11 is 0. The van der Waals surface area contributed by atoms with E-state index >= 15 is 0 Å². The molecule has 100 valence electrons. The summed E-state index contributed by atoms with van der Waals surface area (Å²) in [5, 5.41) is 0. The van der Waals surface area contributed by atoms with E-state index < -0.39 is 0 Å². The van der Waals surface area contributed by atoms with Crippen LogP contribution in [-0.2, 0) is 6.42 Å². The van der Waals surface area contributed by atoms with Gasteiger partial charge in [-0.2, -0.15) is 0 Å². The van der Waals surface area contributed by atoms with E-state index in [2.05, 4.69) is 45.9 Å². The molecule has 1 heteroatoms. The summed E-state index contributed by atoms with van der Waals surface area (Å²) < 4.78 is 0. The Morgan fingerprint density at radius 2 is 2.00 bits per heavy atom. The van der Waals surface area contributed by atoms with Crippen molar-refractivity contribution in [3.05, 3.63) is 34.9 Å². The van der Waals surface area contributed by atoms with E-state index in [0.29, 0.717) is 5.92 Å². The molecule has 0 spiro atoms. The summed E-state index contributed by atoms with van der Waals surface area (Å²) in [6.07, 6.45) is 4.83. The van der Waals surface area contributed by atoms with Gasteiger partial charge in [-0.05, 0) is 49.7 Å². The molecular formula is C17H27N. The molecule has 0 bridgehead atoms. The second-order valence-corrected chi connectivity index (χ2v) is 6.50. The van der Waals surface area contributed by atoms with Crippen LogP contribution in [-0.4, -0.2) is 5.54 Å². The summed E-state index contributed by atoms with van der Waals surface area (Å²) in [4.78, 5) is 0. The molecule has 1 aliphatic rings. The Hall–Kier alpha value is -0.820. The van der Waals surface area contributed by atoms with E-state index in [1.165, 1.54) is 36.0 Å². The van der Waals surface area contributed by atoms with Gasteiger partial charge in [0.25, 0.3) is 0 Å². The zero-order chi connectivity index (χ0) is 13.3. The van der Waals surface area contributed by atoms with Crippen LogP contribution < -0.4 is 5.73 Å². The van der Waals surface area contributed by atoms with Crippen LogP contribution in [0, 0.1) is 25.7 Å². The third-order valence-corrected chi connectivity index (χ3v) is 5.09. The lowest BCUT2D eigenvalue weighted by atomic mass is 9.66. The third kappa shape index (κ3) is 2.61. The molecule has 2 N–H and O–H groups in total. The number of rotatable bonds is 2. The molecule has 2 rings (SSSR count). The second-order valence-electron chi connectivity index (χ2n) is 6.50. The molecular weight excluding hydrogens is 218 g/mol. The van der Waals surface area contributed by atoms with E-state index in [4.69, 9.17) is 5.73 Å². The zero-order valence-electron chi connectivity index (χ0n) is 12.3. The van der Waals surface area contributed by atoms with Gasteiger partial charge in [0.15, 0.2) is 0 Å². The largest absolute Gasteiger partial charge is 0.325 e. The fraction of sp³-hybridized carbons (Fsp3) is 0.647. The van der Waals surface area contributed by atoms with Crippen molar-refractivity contribution in [2.45, 2.75) is 58.9 Å². The lowest BCUT2D eigenvalue weighted by molar-refractivity contribution is 0.143. The summed E-state index contributed by atoms with van der Waals surface area (Å²) in [5.74, 6) is 1.38. The van der Waals surface area contributed by atoms with Crippen LogP contribution in [0.25, 0.3) is 0 Å². The number of aryl methyl sites for hydroxylation is 2. The Morgan fingerprint density at radius 1 is 1.28 bits per heavy atom. The van der Waals surface area contributed by atoms with E-state index in [-0.39, 0.29) is 5.54 Å². The highest BCUT2D eigenvalue weighted by atomic mass is 14.8. The minimum absolute atomic E-state index is 0.00375. The van der Waals surface area contributed by atoms with E-state index in [0.717, 1.165) is 12.3 Å². The molecule has 18 heavy (non-hydrogen) atoms. The van der Waals surface area contributed by atoms with Crippen molar-refractivity contribution in [2.24, 2.45) is 17.6 Å². The average Bonchev–Trinajstić information content (AvgIpc) is 2.31. The highest BCUT2D eigenvalue weighted by Crippen LogP contribution is 2.38. The van der Waals surface area contributed by atoms with Crippen molar-refractivity contribution in [3.63, 3.8) is 0 Å². The summed E-state index contributed by atoms with van der Waals surface area (Å²) in [6, 6.07) is 6.73. The lowest BCUT2D eigenvalue weighted by Crippen LogP contribution is -2.52. The van der Waals surface area contributed by atoms with Crippen molar-refractivity contribution in [1.29, 1.82) is 0 Å². The monoisotopic (exact) mass is 245 g/mol. The Labute approximate surface area is 112 Å². The molecule has 0 aromatic heterocycles. The number of hydrogen-bond acceptors (Lipinski definition) is 1. The standard InChI is InChI=1S/C17H27N/c1-12-7-8-14(3)16(10-12)11-17(18)9-5-6-13(2)15(17)4/h7-8,10,13,15H,5-6,9,11,18H2,1-4H3.